The van der Waals surface area contributed by atoms with Crippen molar-refractivity contribution in [2.24, 2.45) is 11.8 Å². The Morgan fingerprint density at radius 3 is 2.62 bits per heavy atom. The van der Waals surface area contributed by atoms with Gasteiger partial charge in [-0.05, 0) is 17.0 Å². The minimum Gasteiger partial charge on any atom is -0.0813 e. The van der Waals surface area contributed by atoms with Crippen molar-refractivity contribution in [3.63, 3.8) is 0 Å². The number of hydrogen-bond acceptors (Lipinski definition) is 0. The Kier molecular flexibility index (Phi) is 2.28. The molecule has 0 saturated carbocycles. The van der Waals surface area contributed by atoms with Gasteiger partial charge in [-0.1, -0.05) is 67.6 Å². The van der Waals surface area contributed by atoms with Crippen LogP contribution in [-0.2, 0) is 0 Å². The van der Waals surface area contributed by atoms with Gasteiger partial charge in [0.15, 0.2) is 0 Å². The van der Waals surface area contributed by atoms with E-state index in [9.17, 15) is 0 Å². The molecule has 0 aliphatic heterocycles. The summed E-state index contributed by atoms with van der Waals surface area (Å²) in [5.41, 5.74) is 2.83. The van der Waals surface area contributed by atoms with Crippen LogP contribution in [-0.4, -0.2) is 0 Å². The first-order chi connectivity index (χ1) is 7.84. The van der Waals surface area contributed by atoms with Crippen LogP contribution in [0.2, 0.25) is 0 Å². The maximum atomic E-state index is 2.37. The van der Waals surface area contributed by atoms with Crippen molar-refractivity contribution in [1.82, 2.24) is 0 Å². The zero-order chi connectivity index (χ0) is 11.0. The largest absolute Gasteiger partial charge is 0.0813 e. The van der Waals surface area contributed by atoms with Crippen molar-refractivity contribution >= 4 is 6.08 Å². The molecule has 1 aromatic rings. The number of allylic oxidation sites excluding steroid dienone is 5. The van der Waals surface area contributed by atoms with Gasteiger partial charge in [0.1, 0.15) is 0 Å². The second kappa shape index (κ2) is 3.79. The van der Waals surface area contributed by atoms with Gasteiger partial charge in [0.05, 0.1) is 0 Å². The summed E-state index contributed by atoms with van der Waals surface area (Å²) < 4.78 is 0. The molecule has 16 heavy (non-hydrogen) atoms. The molecule has 0 radical (unpaired) electrons. The lowest BCUT2D eigenvalue weighted by Gasteiger charge is -2.24. The van der Waals surface area contributed by atoms with Crippen molar-refractivity contribution in [1.29, 1.82) is 0 Å². The van der Waals surface area contributed by atoms with Gasteiger partial charge in [-0.15, -0.1) is 0 Å². The molecule has 0 aromatic heterocycles. The van der Waals surface area contributed by atoms with Crippen LogP contribution in [0.15, 0.2) is 54.6 Å². The number of rotatable bonds is 0. The maximum Gasteiger partial charge on any atom is 0.0122 e. The normalized spacial score (nSPS) is 30.7. The predicted octanol–water partition coefficient (Wildman–Crippen LogP) is 4.18. The topological polar surface area (TPSA) is 0 Å². The zero-order valence-electron chi connectivity index (χ0n) is 9.51. The Morgan fingerprint density at radius 1 is 0.875 bits per heavy atom. The maximum absolute atomic E-state index is 2.37. The molecule has 3 atom stereocenters. The monoisotopic (exact) mass is 208 g/mol. The molecular formula is C16H16. The third-order valence-electron chi connectivity index (χ3n) is 3.53. The molecule has 0 amide bonds. The van der Waals surface area contributed by atoms with Crippen molar-refractivity contribution in [3.8, 4) is 0 Å². The van der Waals surface area contributed by atoms with E-state index in [4.69, 9.17) is 0 Å². The summed E-state index contributed by atoms with van der Waals surface area (Å²) in [4.78, 5) is 0. The smallest absolute Gasteiger partial charge is 0.0122 e. The fourth-order valence-electron chi connectivity index (χ4n) is 2.59. The van der Waals surface area contributed by atoms with Gasteiger partial charge in [0, 0.05) is 11.8 Å². The molecule has 0 heteroatoms. The van der Waals surface area contributed by atoms with Gasteiger partial charge in [0.25, 0.3) is 0 Å². The fourth-order valence-corrected chi connectivity index (χ4v) is 2.59. The molecule has 0 heterocycles. The van der Waals surface area contributed by atoms with E-state index >= 15 is 0 Å². The summed E-state index contributed by atoms with van der Waals surface area (Å²) in [6.45, 7) is 2.24. The third kappa shape index (κ3) is 1.55. The number of fused-ring (bicyclic) bond motifs is 3. The van der Waals surface area contributed by atoms with Gasteiger partial charge in [-0.2, -0.15) is 0 Å². The highest BCUT2D eigenvalue weighted by Crippen LogP contribution is 2.37. The molecule has 2 aliphatic carbocycles. The van der Waals surface area contributed by atoms with Crippen LogP contribution < -0.4 is 0 Å². The van der Waals surface area contributed by atoms with Crippen molar-refractivity contribution in [3.05, 3.63) is 65.8 Å². The van der Waals surface area contributed by atoms with Gasteiger partial charge in [-0.25, -0.2) is 0 Å². The predicted molar refractivity (Wildman–Crippen MR) is 69.2 cm³/mol. The van der Waals surface area contributed by atoms with E-state index in [1.807, 2.05) is 0 Å². The first-order valence-corrected chi connectivity index (χ1v) is 5.98. The lowest BCUT2D eigenvalue weighted by Crippen LogP contribution is -2.10. The van der Waals surface area contributed by atoms with Crippen LogP contribution in [0.5, 0.6) is 0 Å². The number of benzene rings is 1. The molecule has 80 valence electrons. The highest BCUT2D eigenvalue weighted by Gasteiger charge is 2.23. The minimum absolute atomic E-state index is 0.530. The van der Waals surface area contributed by atoms with Gasteiger partial charge in [-0.3, -0.25) is 0 Å². The Morgan fingerprint density at radius 2 is 1.69 bits per heavy atom. The van der Waals surface area contributed by atoms with Crippen LogP contribution in [0.3, 0.4) is 0 Å². The van der Waals surface area contributed by atoms with E-state index in [1.165, 1.54) is 11.1 Å². The minimum atomic E-state index is 0.530. The van der Waals surface area contributed by atoms with E-state index in [0.29, 0.717) is 17.8 Å². The van der Waals surface area contributed by atoms with Crippen LogP contribution in [0.25, 0.3) is 6.08 Å². The molecule has 3 rings (SSSR count). The van der Waals surface area contributed by atoms with Crippen LogP contribution in [0, 0.1) is 11.8 Å². The summed E-state index contributed by atoms with van der Waals surface area (Å²) in [5, 5.41) is 0. The average molecular weight is 208 g/mol. The van der Waals surface area contributed by atoms with Crippen molar-refractivity contribution in [2.45, 2.75) is 12.8 Å². The Hall–Kier alpha value is -1.56. The highest BCUT2D eigenvalue weighted by molar-refractivity contribution is 5.60. The molecule has 0 N–H and O–H groups in total. The molecule has 0 fully saturated rings. The third-order valence-corrected chi connectivity index (χ3v) is 3.53. The SMILES string of the molecule is CC1C=CC2C=Cc3ccccc3C2C=C1. The lowest BCUT2D eigenvalue weighted by atomic mass is 9.79. The Bertz CT molecular complexity index is 477. The standard InChI is InChI=1S/C16H16/c1-12-6-8-14-10-9-13-4-2-3-5-15(13)16(14)11-7-12/h2-12,14,16H,1H3. The van der Waals surface area contributed by atoms with E-state index in [0.717, 1.165) is 0 Å². The average Bonchev–Trinajstić information content (AvgIpc) is 2.52. The molecule has 3 unspecified atom stereocenters. The summed E-state index contributed by atoms with van der Waals surface area (Å²) in [6.07, 6.45) is 13.9. The van der Waals surface area contributed by atoms with Crippen molar-refractivity contribution in [2.75, 3.05) is 0 Å². The molecule has 2 aliphatic rings. The van der Waals surface area contributed by atoms with E-state index in [2.05, 4.69) is 67.6 Å². The first-order valence-electron chi connectivity index (χ1n) is 5.98. The molecule has 0 saturated heterocycles. The van der Waals surface area contributed by atoms with Gasteiger partial charge < -0.3 is 0 Å². The first kappa shape index (κ1) is 9.65. The van der Waals surface area contributed by atoms with Gasteiger partial charge >= 0.3 is 0 Å². The zero-order valence-corrected chi connectivity index (χ0v) is 9.51. The van der Waals surface area contributed by atoms with Gasteiger partial charge in [0.2, 0.25) is 0 Å². The van der Waals surface area contributed by atoms with Crippen LogP contribution in [0.1, 0.15) is 24.0 Å². The molecule has 0 nitrogen and oxygen atoms in total. The highest BCUT2D eigenvalue weighted by atomic mass is 14.3. The summed E-state index contributed by atoms with van der Waals surface area (Å²) in [6, 6.07) is 8.71. The van der Waals surface area contributed by atoms with E-state index in [-0.39, 0.29) is 0 Å². The second-order valence-corrected chi connectivity index (χ2v) is 4.72. The quantitative estimate of drug-likeness (QED) is 0.561. The molecule has 0 bridgehead atoms. The molecule has 0 spiro atoms. The van der Waals surface area contributed by atoms with E-state index < -0.39 is 0 Å². The summed E-state index contributed by atoms with van der Waals surface area (Å²) >= 11 is 0. The summed E-state index contributed by atoms with van der Waals surface area (Å²) in [7, 11) is 0. The molecule has 1 aromatic carbocycles. The van der Waals surface area contributed by atoms with Crippen molar-refractivity contribution < 1.29 is 0 Å². The lowest BCUT2D eigenvalue weighted by molar-refractivity contribution is 0.702. The second-order valence-electron chi connectivity index (χ2n) is 4.72. The number of hydrogen-bond donors (Lipinski definition) is 0. The summed E-state index contributed by atoms with van der Waals surface area (Å²) in [5.74, 6) is 1.63. The van der Waals surface area contributed by atoms with Crippen LogP contribution in [0.4, 0.5) is 0 Å². The molecular weight excluding hydrogens is 192 g/mol. The fraction of sp³-hybridized carbons (Fsp3) is 0.250. The van der Waals surface area contributed by atoms with E-state index in [1.54, 1.807) is 0 Å². The Balaban J connectivity index is 2.10. The van der Waals surface area contributed by atoms with Crippen LogP contribution >= 0.6 is 0 Å². The Labute approximate surface area is 97.0 Å².